The summed E-state index contributed by atoms with van der Waals surface area (Å²) in [5, 5.41) is 13.7. The van der Waals surface area contributed by atoms with Gasteiger partial charge in [-0.1, -0.05) is 0 Å². The van der Waals surface area contributed by atoms with Crippen LogP contribution >= 0.6 is 0 Å². The maximum Gasteiger partial charge on any atom is 0.404 e. The second-order valence-electron chi connectivity index (χ2n) is 2.88. The van der Waals surface area contributed by atoms with Crippen LogP contribution in [0.5, 0.6) is 0 Å². The molecule has 1 saturated carbocycles. The number of amides is 1. The van der Waals surface area contributed by atoms with Crippen LogP contribution in [0.2, 0.25) is 0 Å². The predicted molar refractivity (Wildman–Crippen MR) is 41.6 cm³/mol. The number of hydrogen-bond donors (Lipinski definition) is 3. The molecule has 0 radical (unpaired) electrons. The van der Waals surface area contributed by atoms with Crippen molar-refractivity contribution in [2.45, 2.75) is 12.8 Å². The lowest BCUT2D eigenvalue weighted by Gasteiger charge is -2.02. The molecule has 0 bridgehead atoms. The van der Waals surface area contributed by atoms with E-state index in [1.807, 2.05) is 0 Å². The number of carbonyl (C=O) groups is 1. The van der Waals surface area contributed by atoms with Gasteiger partial charge in [0.2, 0.25) is 0 Å². The van der Waals surface area contributed by atoms with Gasteiger partial charge < -0.3 is 15.7 Å². The normalized spacial score (nSPS) is 16.4. The van der Waals surface area contributed by atoms with Crippen LogP contribution in [0.25, 0.3) is 0 Å². The molecule has 0 heterocycles. The lowest BCUT2D eigenvalue weighted by Crippen LogP contribution is -2.31. The molecule has 0 aliphatic heterocycles. The molecular formula is C7H14N2O2. The largest absolute Gasteiger partial charge is 0.465 e. The monoisotopic (exact) mass is 158 g/mol. The van der Waals surface area contributed by atoms with Gasteiger partial charge in [0.1, 0.15) is 0 Å². The minimum atomic E-state index is -0.946. The third-order valence-corrected chi connectivity index (χ3v) is 1.71. The molecule has 0 aromatic heterocycles. The van der Waals surface area contributed by atoms with E-state index in [-0.39, 0.29) is 0 Å². The zero-order valence-electron chi connectivity index (χ0n) is 6.47. The molecule has 4 nitrogen and oxygen atoms in total. The summed E-state index contributed by atoms with van der Waals surface area (Å²) in [6.07, 6.45) is 1.72. The second kappa shape index (κ2) is 4.18. The molecule has 0 aromatic rings. The molecule has 1 fully saturated rings. The summed E-state index contributed by atoms with van der Waals surface area (Å²) in [6.45, 7) is 2.28. The maximum atomic E-state index is 9.97. The molecule has 0 aromatic carbocycles. The van der Waals surface area contributed by atoms with Crippen molar-refractivity contribution in [3.8, 4) is 0 Å². The van der Waals surface area contributed by atoms with Gasteiger partial charge in [0, 0.05) is 13.1 Å². The summed E-state index contributed by atoms with van der Waals surface area (Å²) < 4.78 is 0. The summed E-state index contributed by atoms with van der Waals surface area (Å²) in [7, 11) is 0. The molecule has 0 unspecified atom stereocenters. The van der Waals surface area contributed by atoms with Crippen molar-refractivity contribution < 1.29 is 9.90 Å². The van der Waals surface area contributed by atoms with E-state index in [1.54, 1.807) is 0 Å². The lowest BCUT2D eigenvalue weighted by molar-refractivity contribution is 0.194. The zero-order chi connectivity index (χ0) is 8.10. The molecule has 3 N–H and O–H groups in total. The Morgan fingerprint density at radius 1 is 1.45 bits per heavy atom. The van der Waals surface area contributed by atoms with E-state index in [0.29, 0.717) is 6.54 Å². The summed E-state index contributed by atoms with van der Waals surface area (Å²) >= 11 is 0. The van der Waals surface area contributed by atoms with Gasteiger partial charge in [-0.3, -0.25) is 0 Å². The number of rotatable bonds is 5. The minimum Gasteiger partial charge on any atom is -0.465 e. The van der Waals surface area contributed by atoms with E-state index in [1.165, 1.54) is 12.8 Å². The number of hydrogen-bond acceptors (Lipinski definition) is 2. The standard InChI is InChI=1S/C7H14N2O2/c10-7(11)9-4-3-8-5-6-1-2-6/h6,8-9H,1-5H2,(H,10,11). The molecule has 1 aliphatic carbocycles. The molecule has 11 heavy (non-hydrogen) atoms. The molecule has 64 valence electrons. The van der Waals surface area contributed by atoms with Crippen molar-refractivity contribution in [3.05, 3.63) is 0 Å². The van der Waals surface area contributed by atoms with Crippen molar-refractivity contribution >= 4 is 6.09 Å². The highest BCUT2D eigenvalue weighted by atomic mass is 16.4. The van der Waals surface area contributed by atoms with Gasteiger partial charge in [-0.2, -0.15) is 0 Å². The molecule has 4 heteroatoms. The molecule has 0 saturated heterocycles. The highest BCUT2D eigenvalue weighted by Gasteiger charge is 2.19. The quantitative estimate of drug-likeness (QED) is 0.503. The Balaban J connectivity index is 1.76. The van der Waals surface area contributed by atoms with Gasteiger partial charge in [0.05, 0.1) is 0 Å². The molecule has 1 rings (SSSR count). The topological polar surface area (TPSA) is 61.4 Å². The van der Waals surface area contributed by atoms with Gasteiger partial charge in [-0.05, 0) is 25.3 Å². The van der Waals surface area contributed by atoms with Crippen LogP contribution < -0.4 is 10.6 Å². The fraction of sp³-hybridized carbons (Fsp3) is 0.857. The highest BCUT2D eigenvalue weighted by Crippen LogP contribution is 2.27. The summed E-state index contributed by atoms with van der Waals surface area (Å²) in [6, 6.07) is 0. The van der Waals surface area contributed by atoms with Crippen molar-refractivity contribution in [2.24, 2.45) is 5.92 Å². The Morgan fingerprint density at radius 3 is 2.73 bits per heavy atom. The SMILES string of the molecule is O=C(O)NCCNCC1CC1. The van der Waals surface area contributed by atoms with Crippen LogP contribution in [-0.2, 0) is 0 Å². The van der Waals surface area contributed by atoms with Crippen LogP contribution in [0.1, 0.15) is 12.8 Å². The molecule has 0 atom stereocenters. The first kappa shape index (κ1) is 8.33. The summed E-state index contributed by atoms with van der Waals surface area (Å²) in [5.41, 5.74) is 0. The Morgan fingerprint density at radius 2 is 2.18 bits per heavy atom. The van der Waals surface area contributed by atoms with Crippen molar-refractivity contribution in [3.63, 3.8) is 0 Å². The van der Waals surface area contributed by atoms with Crippen molar-refractivity contribution in [1.82, 2.24) is 10.6 Å². The Bertz CT molecular complexity index is 134. The summed E-state index contributed by atoms with van der Waals surface area (Å²) in [5.74, 6) is 0.861. The summed E-state index contributed by atoms with van der Waals surface area (Å²) in [4.78, 5) is 9.97. The lowest BCUT2D eigenvalue weighted by atomic mass is 10.4. The van der Waals surface area contributed by atoms with Crippen LogP contribution in [0.15, 0.2) is 0 Å². The predicted octanol–water partition coefficient (Wildman–Crippen LogP) is 0.254. The first-order chi connectivity index (χ1) is 5.29. The fourth-order valence-corrected chi connectivity index (χ4v) is 0.886. The van der Waals surface area contributed by atoms with E-state index >= 15 is 0 Å². The minimum absolute atomic E-state index is 0.502. The highest BCUT2D eigenvalue weighted by molar-refractivity contribution is 5.64. The fourth-order valence-electron chi connectivity index (χ4n) is 0.886. The van der Waals surface area contributed by atoms with Crippen LogP contribution in [0.4, 0.5) is 4.79 Å². The third kappa shape index (κ3) is 4.61. The average Bonchev–Trinajstić information content (AvgIpc) is 2.70. The van der Waals surface area contributed by atoms with Crippen LogP contribution in [0.3, 0.4) is 0 Å². The number of nitrogens with one attached hydrogen (secondary N) is 2. The van der Waals surface area contributed by atoms with Crippen LogP contribution in [0, 0.1) is 5.92 Å². The van der Waals surface area contributed by atoms with Gasteiger partial charge in [-0.25, -0.2) is 4.79 Å². The van der Waals surface area contributed by atoms with E-state index in [2.05, 4.69) is 10.6 Å². The van der Waals surface area contributed by atoms with E-state index in [0.717, 1.165) is 19.0 Å². The van der Waals surface area contributed by atoms with Gasteiger partial charge >= 0.3 is 6.09 Å². The first-order valence-corrected chi connectivity index (χ1v) is 3.96. The van der Waals surface area contributed by atoms with Gasteiger partial charge in [0.15, 0.2) is 0 Å². The van der Waals surface area contributed by atoms with E-state index in [4.69, 9.17) is 5.11 Å². The average molecular weight is 158 g/mol. The van der Waals surface area contributed by atoms with Crippen molar-refractivity contribution in [2.75, 3.05) is 19.6 Å². The number of carboxylic acid groups (broad SMARTS) is 1. The van der Waals surface area contributed by atoms with Crippen molar-refractivity contribution in [1.29, 1.82) is 0 Å². The molecule has 1 aliphatic rings. The van der Waals surface area contributed by atoms with E-state index < -0.39 is 6.09 Å². The molecular weight excluding hydrogens is 144 g/mol. The van der Waals surface area contributed by atoms with Gasteiger partial charge in [-0.15, -0.1) is 0 Å². The van der Waals surface area contributed by atoms with E-state index in [9.17, 15) is 4.79 Å². The molecule has 0 spiro atoms. The third-order valence-electron chi connectivity index (χ3n) is 1.71. The van der Waals surface area contributed by atoms with Crippen LogP contribution in [-0.4, -0.2) is 30.8 Å². The zero-order valence-corrected chi connectivity index (χ0v) is 6.47. The van der Waals surface area contributed by atoms with Gasteiger partial charge in [0.25, 0.3) is 0 Å². The maximum absolute atomic E-state index is 9.97. The Labute approximate surface area is 66.0 Å². The Kier molecular flexibility index (Phi) is 3.16. The molecule has 1 amide bonds. The first-order valence-electron chi connectivity index (χ1n) is 3.96. The second-order valence-corrected chi connectivity index (χ2v) is 2.88. The Hall–Kier alpha value is -0.770. The smallest absolute Gasteiger partial charge is 0.404 e.